The van der Waals surface area contributed by atoms with E-state index < -0.39 is 0 Å². The van der Waals surface area contributed by atoms with Crippen LogP contribution >= 0.6 is 12.4 Å². The Bertz CT molecular complexity index is 605. The fraction of sp³-hybridized carbons (Fsp3) is 0.500. The summed E-state index contributed by atoms with van der Waals surface area (Å²) in [5.41, 5.74) is 1.16. The van der Waals surface area contributed by atoms with Crippen molar-refractivity contribution in [3.63, 3.8) is 0 Å². The molecule has 21 heavy (non-hydrogen) atoms. The maximum atomic E-state index is 12.4. The molecule has 114 valence electrons. The van der Waals surface area contributed by atoms with Crippen molar-refractivity contribution in [1.82, 2.24) is 10.1 Å². The van der Waals surface area contributed by atoms with E-state index in [1.165, 1.54) is 25.9 Å². The van der Waals surface area contributed by atoms with Crippen LogP contribution in [0.25, 0.3) is 11.0 Å². The molecule has 1 aliphatic rings. The van der Waals surface area contributed by atoms with Gasteiger partial charge in [-0.2, -0.15) is 0 Å². The molecule has 1 saturated heterocycles. The van der Waals surface area contributed by atoms with Gasteiger partial charge in [0, 0.05) is 13.0 Å². The molecule has 0 aliphatic carbocycles. The fourth-order valence-corrected chi connectivity index (χ4v) is 2.97. The smallest absolute Gasteiger partial charge is 0.185 e. The number of Topliss-reactive ketones (excluding diaryl/α,β-unsaturated/α-hetero) is 1. The standard InChI is InChI=1S/C16H20N2O2.ClH/c1-12(11-18-8-4-5-9-18)10-14(19)16-13-6-2-3-7-15(13)20-17-16;/h2-3,6-7,12H,4-5,8-11H2,1H3;1H. The van der Waals surface area contributed by atoms with Crippen molar-refractivity contribution in [3.05, 3.63) is 30.0 Å². The first-order valence-corrected chi connectivity index (χ1v) is 7.34. The Labute approximate surface area is 130 Å². The highest BCUT2D eigenvalue weighted by molar-refractivity contribution is 6.05. The molecule has 2 heterocycles. The van der Waals surface area contributed by atoms with Gasteiger partial charge in [0.25, 0.3) is 0 Å². The number of para-hydroxylation sites is 1. The first kappa shape index (κ1) is 16.0. The van der Waals surface area contributed by atoms with Crippen molar-refractivity contribution < 1.29 is 9.32 Å². The van der Waals surface area contributed by atoms with E-state index in [1.54, 1.807) is 0 Å². The second-order valence-electron chi connectivity index (χ2n) is 5.77. The Hall–Kier alpha value is -1.39. The first-order valence-electron chi connectivity index (χ1n) is 7.34. The molecule has 1 aromatic heterocycles. The van der Waals surface area contributed by atoms with E-state index in [4.69, 9.17) is 4.52 Å². The molecule has 0 amide bonds. The first-order chi connectivity index (χ1) is 9.74. The third-order valence-corrected chi connectivity index (χ3v) is 3.94. The molecule has 0 bridgehead atoms. The van der Waals surface area contributed by atoms with Crippen LogP contribution in [0.2, 0.25) is 0 Å². The Kier molecular flexibility index (Phi) is 5.37. The third kappa shape index (κ3) is 3.63. The number of fused-ring (bicyclic) bond motifs is 1. The Morgan fingerprint density at radius 3 is 2.81 bits per heavy atom. The number of carbonyl (C=O) groups is 1. The van der Waals surface area contributed by atoms with Crippen LogP contribution in [-0.4, -0.2) is 35.5 Å². The van der Waals surface area contributed by atoms with Gasteiger partial charge in [0.05, 0.1) is 5.39 Å². The Morgan fingerprint density at radius 2 is 2.05 bits per heavy atom. The number of hydrogen-bond donors (Lipinski definition) is 0. The molecule has 2 aromatic rings. The summed E-state index contributed by atoms with van der Waals surface area (Å²) in [5.74, 6) is 0.442. The number of hydrogen-bond acceptors (Lipinski definition) is 4. The van der Waals surface area contributed by atoms with Gasteiger partial charge in [0.15, 0.2) is 17.1 Å². The zero-order valence-electron chi connectivity index (χ0n) is 12.2. The van der Waals surface area contributed by atoms with Crippen LogP contribution in [0.1, 0.15) is 36.7 Å². The molecule has 3 rings (SSSR count). The largest absolute Gasteiger partial charge is 0.356 e. The van der Waals surface area contributed by atoms with E-state index in [0.717, 1.165) is 11.9 Å². The molecule has 0 radical (unpaired) electrons. The van der Waals surface area contributed by atoms with Crippen molar-refractivity contribution in [1.29, 1.82) is 0 Å². The highest BCUT2D eigenvalue weighted by Gasteiger charge is 2.20. The van der Waals surface area contributed by atoms with Crippen molar-refractivity contribution in [3.8, 4) is 0 Å². The zero-order valence-corrected chi connectivity index (χ0v) is 13.1. The summed E-state index contributed by atoms with van der Waals surface area (Å²) >= 11 is 0. The monoisotopic (exact) mass is 308 g/mol. The van der Waals surface area contributed by atoms with E-state index in [-0.39, 0.29) is 18.2 Å². The van der Waals surface area contributed by atoms with E-state index >= 15 is 0 Å². The average Bonchev–Trinajstić information content (AvgIpc) is 3.07. The summed E-state index contributed by atoms with van der Waals surface area (Å²) in [6, 6.07) is 7.53. The summed E-state index contributed by atoms with van der Waals surface area (Å²) in [6.07, 6.45) is 3.11. The molecule has 5 heteroatoms. The number of rotatable bonds is 5. The molecular formula is C16H21ClN2O2. The zero-order chi connectivity index (χ0) is 13.9. The third-order valence-electron chi connectivity index (χ3n) is 3.94. The predicted molar refractivity (Wildman–Crippen MR) is 85.0 cm³/mol. The minimum absolute atomic E-state index is 0. The van der Waals surface area contributed by atoms with Crippen LogP contribution in [0.15, 0.2) is 28.8 Å². The quantitative estimate of drug-likeness (QED) is 0.792. The highest BCUT2D eigenvalue weighted by atomic mass is 35.5. The number of likely N-dealkylation sites (tertiary alicyclic amines) is 1. The number of nitrogens with zero attached hydrogens (tertiary/aromatic N) is 2. The maximum Gasteiger partial charge on any atom is 0.185 e. The molecule has 0 saturated carbocycles. The molecule has 1 aromatic carbocycles. The molecule has 1 atom stereocenters. The topological polar surface area (TPSA) is 46.3 Å². The summed E-state index contributed by atoms with van der Waals surface area (Å²) in [7, 11) is 0. The average molecular weight is 309 g/mol. The number of aromatic nitrogens is 1. The lowest BCUT2D eigenvalue weighted by molar-refractivity contribution is 0.0948. The lowest BCUT2D eigenvalue weighted by Gasteiger charge is -2.19. The molecule has 1 fully saturated rings. The van der Waals surface area contributed by atoms with Crippen LogP contribution in [0.3, 0.4) is 0 Å². The molecule has 0 N–H and O–H groups in total. The fourth-order valence-electron chi connectivity index (χ4n) is 2.97. The Morgan fingerprint density at radius 1 is 1.33 bits per heavy atom. The molecule has 1 unspecified atom stereocenters. The minimum atomic E-state index is 0. The lowest BCUT2D eigenvalue weighted by Crippen LogP contribution is -2.26. The van der Waals surface area contributed by atoms with Crippen molar-refractivity contribution >= 4 is 29.2 Å². The van der Waals surface area contributed by atoms with Gasteiger partial charge in [-0.25, -0.2) is 0 Å². The van der Waals surface area contributed by atoms with Crippen molar-refractivity contribution in [2.24, 2.45) is 5.92 Å². The van der Waals surface area contributed by atoms with Gasteiger partial charge in [-0.3, -0.25) is 4.79 Å². The van der Waals surface area contributed by atoms with Crippen LogP contribution in [-0.2, 0) is 0 Å². The number of benzene rings is 1. The van der Waals surface area contributed by atoms with Gasteiger partial charge in [-0.15, -0.1) is 12.4 Å². The van der Waals surface area contributed by atoms with Crippen molar-refractivity contribution in [2.75, 3.05) is 19.6 Å². The van der Waals surface area contributed by atoms with Crippen LogP contribution < -0.4 is 0 Å². The van der Waals surface area contributed by atoms with Gasteiger partial charge in [-0.05, 0) is 44.0 Å². The molecule has 4 nitrogen and oxygen atoms in total. The summed E-state index contributed by atoms with van der Waals surface area (Å²) < 4.78 is 5.20. The SMILES string of the molecule is CC(CC(=O)c1noc2ccccc12)CN1CCCC1.Cl. The van der Waals surface area contributed by atoms with Crippen molar-refractivity contribution in [2.45, 2.75) is 26.2 Å². The van der Waals surface area contributed by atoms with E-state index in [9.17, 15) is 4.79 Å². The highest BCUT2D eigenvalue weighted by Crippen LogP contribution is 2.21. The molecule has 0 spiro atoms. The van der Waals surface area contributed by atoms with Crippen LogP contribution in [0.5, 0.6) is 0 Å². The summed E-state index contributed by atoms with van der Waals surface area (Å²) in [6.45, 7) is 5.48. The van der Waals surface area contributed by atoms with Gasteiger partial charge in [0.2, 0.25) is 0 Å². The van der Waals surface area contributed by atoms with Gasteiger partial charge < -0.3 is 9.42 Å². The number of carbonyl (C=O) groups excluding carboxylic acids is 1. The van der Waals surface area contributed by atoms with Crippen LogP contribution in [0, 0.1) is 5.92 Å². The second-order valence-corrected chi connectivity index (χ2v) is 5.77. The van der Waals surface area contributed by atoms with Gasteiger partial charge >= 0.3 is 0 Å². The number of halogens is 1. The summed E-state index contributed by atoms with van der Waals surface area (Å²) in [4.78, 5) is 14.8. The molecular weight excluding hydrogens is 288 g/mol. The lowest BCUT2D eigenvalue weighted by atomic mass is 10.0. The Balaban J connectivity index is 0.00000161. The maximum absolute atomic E-state index is 12.4. The van der Waals surface area contributed by atoms with Gasteiger partial charge in [-0.1, -0.05) is 24.2 Å². The predicted octanol–water partition coefficient (Wildman–Crippen LogP) is 3.55. The van der Waals surface area contributed by atoms with Crippen LogP contribution in [0.4, 0.5) is 0 Å². The molecule has 1 aliphatic heterocycles. The number of ketones is 1. The van der Waals surface area contributed by atoms with Gasteiger partial charge in [0.1, 0.15) is 0 Å². The summed E-state index contributed by atoms with van der Waals surface area (Å²) in [5, 5.41) is 4.77. The van der Waals surface area contributed by atoms with E-state index in [1.807, 2.05) is 24.3 Å². The minimum Gasteiger partial charge on any atom is -0.356 e. The normalized spacial score (nSPS) is 16.8. The second kappa shape index (κ2) is 7.05. The van der Waals surface area contributed by atoms with E-state index in [0.29, 0.717) is 23.6 Å². The van der Waals surface area contributed by atoms with E-state index in [2.05, 4.69) is 17.0 Å².